The lowest BCUT2D eigenvalue weighted by Crippen LogP contribution is -2.18. The Kier molecular flexibility index (Phi) is 4.74. The Bertz CT molecular complexity index is 299. The molecular weight excluding hydrogens is 194 g/mol. The minimum Gasteiger partial charge on any atom is -0.394 e. The first-order valence-corrected chi connectivity index (χ1v) is 5.17. The number of hydrogen-bond acceptors (Lipinski definition) is 4. The third kappa shape index (κ3) is 3.02. The molecule has 0 fully saturated rings. The largest absolute Gasteiger partial charge is 0.394 e. The van der Waals surface area contributed by atoms with Crippen molar-refractivity contribution in [1.29, 1.82) is 0 Å². The third-order valence-electron chi connectivity index (χ3n) is 2.24. The van der Waals surface area contributed by atoms with Crippen molar-refractivity contribution < 1.29 is 9.84 Å². The van der Waals surface area contributed by atoms with E-state index in [4.69, 9.17) is 15.6 Å². The summed E-state index contributed by atoms with van der Waals surface area (Å²) in [5.74, 6) is 0. The molecule has 0 amide bonds. The summed E-state index contributed by atoms with van der Waals surface area (Å²) >= 11 is 0. The smallest absolute Gasteiger partial charge is 0.0981 e. The van der Waals surface area contributed by atoms with E-state index in [1.54, 1.807) is 4.68 Å². The minimum absolute atomic E-state index is 0.0121. The number of nitrogens with two attached hydrogens (primary N) is 1. The van der Waals surface area contributed by atoms with Gasteiger partial charge in [-0.15, -0.1) is 0 Å². The summed E-state index contributed by atoms with van der Waals surface area (Å²) in [6, 6.07) is 0. The van der Waals surface area contributed by atoms with Crippen molar-refractivity contribution in [3.05, 3.63) is 17.5 Å². The average Bonchev–Trinajstić information content (AvgIpc) is 2.61. The number of aliphatic hydroxyl groups excluding tert-OH is 1. The van der Waals surface area contributed by atoms with Crippen LogP contribution in [0.1, 0.15) is 24.3 Å². The molecule has 86 valence electrons. The number of rotatable bonds is 6. The highest BCUT2D eigenvalue weighted by molar-refractivity contribution is 5.20. The molecular formula is C10H19N3O2. The fraction of sp³-hybridized carbons (Fsp3) is 0.700. The number of hydrogen-bond donors (Lipinski definition) is 2. The molecule has 1 aromatic rings. The van der Waals surface area contributed by atoms with Crippen LogP contribution in [0.25, 0.3) is 0 Å². The fourth-order valence-corrected chi connectivity index (χ4v) is 1.58. The summed E-state index contributed by atoms with van der Waals surface area (Å²) in [5, 5.41) is 13.0. The van der Waals surface area contributed by atoms with E-state index in [9.17, 15) is 0 Å². The molecule has 1 heterocycles. The lowest BCUT2D eigenvalue weighted by molar-refractivity contribution is 0.0324. The van der Waals surface area contributed by atoms with Crippen LogP contribution in [0.4, 0.5) is 0 Å². The molecule has 3 N–H and O–H groups in total. The molecule has 0 radical (unpaired) electrons. The Labute approximate surface area is 89.8 Å². The van der Waals surface area contributed by atoms with Gasteiger partial charge in [-0.2, -0.15) is 5.10 Å². The molecule has 1 aromatic heterocycles. The van der Waals surface area contributed by atoms with Gasteiger partial charge in [0.2, 0.25) is 0 Å². The van der Waals surface area contributed by atoms with Crippen LogP contribution in [0.15, 0.2) is 6.20 Å². The van der Waals surface area contributed by atoms with E-state index in [0.717, 1.165) is 17.7 Å². The molecule has 1 rings (SSSR count). The van der Waals surface area contributed by atoms with Crippen molar-refractivity contribution in [1.82, 2.24) is 9.78 Å². The van der Waals surface area contributed by atoms with Gasteiger partial charge in [0.15, 0.2) is 0 Å². The predicted octanol–water partition coefficient (Wildman–Crippen LogP) is -0.00880. The lowest BCUT2D eigenvalue weighted by atomic mass is 10.1. The highest BCUT2D eigenvalue weighted by atomic mass is 16.5. The SMILES string of the molecule is CCc1nn(C)cc1C(CN)OCCO. The van der Waals surface area contributed by atoms with E-state index in [1.165, 1.54) is 0 Å². The van der Waals surface area contributed by atoms with Gasteiger partial charge in [0.05, 0.1) is 25.0 Å². The maximum Gasteiger partial charge on any atom is 0.0981 e. The summed E-state index contributed by atoms with van der Waals surface area (Å²) in [6.45, 7) is 2.77. The highest BCUT2D eigenvalue weighted by Crippen LogP contribution is 2.19. The molecule has 0 aromatic carbocycles. The van der Waals surface area contributed by atoms with E-state index in [1.807, 2.05) is 20.2 Å². The van der Waals surface area contributed by atoms with Crippen molar-refractivity contribution in [2.75, 3.05) is 19.8 Å². The summed E-state index contributed by atoms with van der Waals surface area (Å²) in [6.07, 6.45) is 2.61. The highest BCUT2D eigenvalue weighted by Gasteiger charge is 2.16. The van der Waals surface area contributed by atoms with E-state index in [-0.39, 0.29) is 12.7 Å². The second kappa shape index (κ2) is 5.85. The van der Waals surface area contributed by atoms with E-state index in [2.05, 4.69) is 5.10 Å². The normalized spacial score (nSPS) is 13.1. The van der Waals surface area contributed by atoms with E-state index < -0.39 is 0 Å². The number of aromatic nitrogens is 2. The minimum atomic E-state index is -0.166. The van der Waals surface area contributed by atoms with Crippen LogP contribution in [-0.2, 0) is 18.2 Å². The molecule has 1 atom stereocenters. The molecule has 0 spiro atoms. The van der Waals surface area contributed by atoms with Crippen LogP contribution in [0.2, 0.25) is 0 Å². The van der Waals surface area contributed by atoms with Crippen LogP contribution in [0.5, 0.6) is 0 Å². The maximum absolute atomic E-state index is 8.70. The lowest BCUT2D eigenvalue weighted by Gasteiger charge is -2.14. The Balaban J connectivity index is 2.80. The Morgan fingerprint density at radius 2 is 2.40 bits per heavy atom. The third-order valence-corrected chi connectivity index (χ3v) is 2.24. The number of ether oxygens (including phenoxy) is 1. The molecule has 5 nitrogen and oxygen atoms in total. The van der Waals surface area contributed by atoms with Gasteiger partial charge in [-0.05, 0) is 6.42 Å². The van der Waals surface area contributed by atoms with Gasteiger partial charge >= 0.3 is 0 Å². The second-order valence-electron chi connectivity index (χ2n) is 3.38. The first-order chi connectivity index (χ1) is 7.22. The predicted molar refractivity (Wildman–Crippen MR) is 57.4 cm³/mol. The number of nitrogens with zero attached hydrogens (tertiary/aromatic N) is 2. The van der Waals surface area contributed by atoms with Crippen LogP contribution >= 0.6 is 0 Å². The van der Waals surface area contributed by atoms with Crippen LogP contribution in [0.3, 0.4) is 0 Å². The Hall–Kier alpha value is -0.910. The van der Waals surface area contributed by atoms with Crippen molar-refractivity contribution in [2.24, 2.45) is 12.8 Å². The van der Waals surface area contributed by atoms with Crippen molar-refractivity contribution in [2.45, 2.75) is 19.4 Å². The molecule has 0 aliphatic carbocycles. The summed E-state index contributed by atoms with van der Waals surface area (Å²) in [7, 11) is 1.88. The standard InChI is InChI=1S/C10H19N3O2/c1-3-9-8(7-13(2)12-9)10(6-11)15-5-4-14/h7,10,14H,3-6,11H2,1-2H3. The van der Waals surface area contributed by atoms with Gasteiger partial charge in [-0.25, -0.2) is 0 Å². The maximum atomic E-state index is 8.70. The summed E-state index contributed by atoms with van der Waals surface area (Å²) in [5.41, 5.74) is 7.66. The molecule has 0 bridgehead atoms. The number of aliphatic hydroxyl groups is 1. The first-order valence-electron chi connectivity index (χ1n) is 5.17. The molecule has 15 heavy (non-hydrogen) atoms. The van der Waals surface area contributed by atoms with Crippen LogP contribution in [0, 0.1) is 0 Å². The second-order valence-corrected chi connectivity index (χ2v) is 3.38. The molecule has 0 saturated carbocycles. The zero-order valence-electron chi connectivity index (χ0n) is 9.31. The number of aryl methyl sites for hydroxylation is 2. The quantitative estimate of drug-likeness (QED) is 0.697. The van der Waals surface area contributed by atoms with Crippen molar-refractivity contribution in [3.63, 3.8) is 0 Å². The molecule has 1 unspecified atom stereocenters. The molecule has 0 aliphatic rings. The van der Waals surface area contributed by atoms with E-state index >= 15 is 0 Å². The topological polar surface area (TPSA) is 73.3 Å². The Morgan fingerprint density at radius 1 is 1.67 bits per heavy atom. The van der Waals surface area contributed by atoms with Gasteiger partial charge in [0, 0.05) is 25.4 Å². The fourth-order valence-electron chi connectivity index (χ4n) is 1.58. The van der Waals surface area contributed by atoms with Gasteiger partial charge in [0.25, 0.3) is 0 Å². The first kappa shape index (κ1) is 12.2. The van der Waals surface area contributed by atoms with Crippen molar-refractivity contribution in [3.8, 4) is 0 Å². The van der Waals surface area contributed by atoms with Gasteiger partial charge in [-0.1, -0.05) is 6.92 Å². The molecule has 0 aliphatic heterocycles. The zero-order valence-corrected chi connectivity index (χ0v) is 9.31. The monoisotopic (exact) mass is 213 g/mol. The van der Waals surface area contributed by atoms with Crippen LogP contribution in [-0.4, -0.2) is 34.6 Å². The Morgan fingerprint density at radius 3 is 2.93 bits per heavy atom. The van der Waals surface area contributed by atoms with Gasteiger partial charge in [-0.3, -0.25) is 4.68 Å². The average molecular weight is 213 g/mol. The summed E-state index contributed by atoms with van der Waals surface area (Å²) < 4.78 is 7.22. The molecule has 5 heteroatoms. The van der Waals surface area contributed by atoms with Gasteiger partial charge < -0.3 is 15.6 Å². The van der Waals surface area contributed by atoms with Gasteiger partial charge in [0.1, 0.15) is 0 Å². The van der Waals surface area contributed by atoms with Crippen LogP contribution < -0.4 is 5.73 Å². The summed E-state index contributed by atoms with van der Waals surface area (Å²) in [4.78, 5) is 0. The van der Waals surface area contributed by atoms with E-state index in [0.29, 0.717) is 13.2 Å². The zero-order chi connectivity index (χ0) is 11.3. The molecule has 0 saturated heterocycles. The van der Waals surface area contributed by atoms with Crippen molar-refractivity contribution >= 4 is 0 Å².